The fraction of sp³-hybridized carbons (Fsp3) is 0.667. The van der Waals surface area contributed by atoms with Crippen molar-refractivity contribution in [1.29, 1.82) is 0 Å². The lowest BCUT2D eigenvalue weighted by atomic mass is 10.1. The lowest BCUT2D eigenvalue weighted by molar-refractivity contribution is 0.00807. The molecule has 1 aromatic rings. The highest BCUT2D eigenvalue weighted by Gasteiger charge is 2.33. The van der Waals surface area contributed by atoms with E-state index in [1.54, 1.807) is 27.8 Å². The zero-order chi connectivity index (χ0) is 14.4. The van der Waals surface area contributed by atoms with Gasteiger partial charge in [-0.2, -0.15) is 0 Å². The Balaban J connectivity index is 2.23. The summed E-state index contributed by atoms with van der Waals surface area (Å²) in [5.74, 6) is 0. The van der Waals surface area contributed by atoms with Crippen molar-refractivity contribution in [3.05, 3.63) is 20.2 Å². The van der Waals surface area contributed by atoms with Crippen LogP contribution in [0, 0.1) is 0 Å². The fourth-order valence-corrected chi connectivity index (χ4v) is 2.91. The van der Waals surface area contributed by atoms with Gasteiger partial charge in [-0.1, -0.05) is 11.3 Å². The van der Waals surface area contributed by atoms with Gasteiger partial charge in [0.05, 0.1) is 23.7 Å². The minimum absolute atomic E-state index is 0.130. The van der Waals surface area contributed by atoms with E-state index in [2.05, 4.69) is 0 Å². The van der Waals surface area contributed by atoms with Gasteiger partial charge >= 0.3 is 11.0 Å². The van der Waals surface area contributed by atoms with Crippen molar-refractivity contribution in [1.82, 2.24) is 9.47 Å². The number of carbonyl (C=O) groups is 1. The molecule has 1 amide bonds. The molecule has 1 aromatic heterocycles. The summed E-state index contributed by atoms with van der Waals surface area (Å²) < 4.78 is 6.75. The van der Waals surface area contributed by atoms with Crippen molar-refractivity contribution in [2.75, 3.05) is 6.54 Å². The van der Waals surface area contributed by atoms with Gasteiger partial charge < -0.3 is 14.4 Å². The van der Waals surface area contributed by atoms with Crippen molar-refractivity contribution in [2.24, 2.45) is 7.05 Å². The molecule has 0 aliphatic carbocycles. The Morgan fingerprint density at radius 3 is 2.68 bits per heavy atom. The number of thiazole rings is 1. The summed E-state index contributed by atoms with van der Waals surface area (Å²) in [5, 5.41) is 10.0. The second-order valence-corrected chi connectivity index (χ2v) is 6.61. The molecule has 7 heteroatoms. The third kappa shape index (κ3) is 2.82. The van der Waals surface area contributed by atoms with Crippen LogP contribution in [0.2, 0.25) is 0 Å². The van der Waals surface area contributed by atoms with Gasteiger partial charge in [0.1, 0.15) is 11.7 Å². The number of fused-ring (bicyclic) bond motifs is 1. The molecular formula is C12H18N2O4S. The Morgan fingerprint density at radius 2 is 2.11 bits per heavy atom. The molecule has 1 aliphatic rings. The highest BCUT2D eigenvalue weighted by Crippen LogP contribution is 2.29. The van der Waals surface area contributed by atoms with Crippen LogP contribution in [0.1, 0.15) is 37.4 Å². The first-order valence-corrected chi connectivity index (χ1v) is 6.85. The number of hydrogen-bond donors (Lipinski definition) is 1. The monoisotopic (exact) mass is 286 g/mol. The molecule has 106 valence electrons. The standard InChI is InChI=1S/C12H18N2O4S/c1-12(2,3)18-10(16)14-5-7-9(8(15)6-14)19-11(17)13(7)4/h8,15H,5-6H2,1-4H3. The average Bonchev–Trinajstić information content (AvgIpc) is 2.54. The second kappa shape index (κ2) is 4.64. The molecule has 0 saturated heterocycles. The van der Waals surface area contributed by atoms with Crippen molar-refractivity contribution in [3.63, 3.8) is 0 Å². The minimum Gasteiger partial charge on any atom is -0.444 e. The van der Waals surface area contributed by atoms with Gasteiger partial charge in [-0.05, 0) is 20.8 Å². The number of amides is 1. The molecule has 0 saturated carbocycles. The van der Waals surface area contributed by atoms with E-state index in [1.807, 2.05) is 0 Å². The first-order chi connectivity index (χ1) is 8.69. The van der Waals surface area contributed by atoms with Crippen LogP contribution in [0.3, 0.4) is 0 Å². The zero-order valence-electron chi connectivity index (χ0n) is 11.5. The van der Waals surface area contributed by atoms with Crippen LogP contribution in [-0.2, 0) is 18.3 Å². The van der Waals surface area contributed by atoms with E-state index in [-0.39, 0.29) is 18.0 Å². The van der Waals surface area contributed by atoms with Crippen LogP contribution in [0.5, 0.6) is 0 Å². The van der Waals surface area contributed by atoms with Crippen molar-refractivity contribution in [3.8, 4) is 0 Å². The van der Waals surface area contributed by atoms with Gasteiger partial charge in [-0.3, -0.25) is 9.69 Å². The summed E-state index contributed by atoms with van der Waals surface area (Å²) in [7, 11) is 1.64. The lowest BCUT2D eigenvalue weighted by Gasteiger charge is -2.32. The van der Waals surface area contributed by atoms with Crippen LogP contribution >= 0.6 is 11.3 Å². The summed E-state index contributed by atoms with van der Waals surface area (Å²) in [6, 6.07) is 0. The summed E-state index contributed by atoms with van der Waals surface area (Å²) >= 11 is 1.03. The van der Waals surface area contributed by atoms with Crippen LogP contribution in [0.4, 0.5) is 4.79 Å². The van der Waals surface area contributed by atoms with E-state index in [0.717, 1.165) is 11.3 Å². The van der Waals surface area contributed by atoms with Crippen LogP contribution in [0.15, 0.2) is 4.79 Å². The highest BCUT2D eigenvalue weighted by atomic mass is 32.1. The van der Waals surface area contributed by atoms with Gasteiger partial charge in [-0.15, -0.1) is 0 Å². The maximum absolute atomic E-state index is 12.0. The molecule has 0 bridgehead atoms. The minimum atomic E-state index is -0.824. The number of aliphatic hydroxyl groups is 1. The van der Waals surface area contributed by atoms with E-state index in [4.69, 9.17) is 4.74 Å². The molecule has 1 N–H and O–H groups in total. The van der Waals surface area contributed by atoms with E-state index >= 15 is 0 Å². The number of hydrogen-bond acceptors (Lipinski definition) is 5. The Hall–Kier alpha value is -1.34. The lowest BCUT2D eigenvalue weighted by Crippen LogP contribution is -2.41. The normalized spacial score (nSPS) is 19.2. The Labute approximate surface area is 115 Å². The Bertz CT molecular complexity index is 555. The number of aliphatic hydroxyl groups excluding tert-OH is 1. The second-order valence-electron chi connectivity index (χ2n) is 5.61. The SMILES string of the molecule is Cn1c2c(sc1=O)C(O)CN(C(=O)OC(C)(C)C)C2. The van der Waals surface area contributed by atoms with Gasteiger partial charge in [0, 0.05) is 7.05 Å². The van der Waals surface area contributed by atoms with Gasteiger partial charge in [-0.25, -0.2) is 4.79 Å². The van der Waals surface area contributed by atoms with Crippen LogP contribution < -0.4 is 4.87 Å². The molecule has 0 radical (unpaired) electrons. The quantitative estimate of drug-likeness (QED) is 0.778. The fourth-order valence-electron chi connectivity index (χ4n) is 1.94. The predicted octanol–water partition coefficient (Wildman–Crippen LogP) is 1.23. The number of aromatic nitrogens is 1. The average molecular weight is 286 g/mol. The molecule has 2 heterocycles. The Kier molecular flexibility index (Phi) is 3.44. The summed E-state index contributed by atoms with van der Waals surface area (Å²) in [5.41, 5.74) is 0.0997. The van der Waals surface area contributed by atoms with E-state index in [1.165, 1.54) is 9.47 Å². The molecule has 1 aliphatic heterocycles. The number of ether oxygens (including phenoxy) is 1. The zero-order valence-corrected chi connectivity index (χ0v) is 12.3. The molecule has 19 heavy (non-hydrogen) atoms. The van der Waals surface area contributed by atoms with Gasteiger partial charge in [0.2, 0.25) is 0 Å². The summed E-state index contributed by atoms with van der Waals surface area (Å²) in [6.07, 6.45) is -1.30. The predicted molar refractivity (Wildman–Crippen MR) is 71.2 cm³/mol. The number of nitrogens with zero attached hydrogens (tertiary/aromatic N) is 2. The van der Waals surface area contributed by atoms with E-state index in [9.17, 15) is 14.7 Å². The van der Waals surface area contributed by atoms with Crippen molar-refractivity contribution >= 4 is 17.4 Å². The topological polar surface area (TPSA) is 71.8 Å². The molecule has 0 aromatic carbocycles. The van der Waals surface area contributed by atoms with E-state index in [0.29, 0.717) is 10.6 Å². The van der Waals surface area contributed by atoms with Gasteiger partial charge in [0.15, 0.2) is 0 Å². The van der Waals surface area contributed by atoms with Crippen LogP contribution in [-0.4, -0.2) is 32.8 Å². The smallest absolute Gasteiger partial charge is 0.410 e. The maximum Gasteiger partial charge on any atom is 0.410 e. The Morgan fingerprint density at radius 1 is 1.47 bits per heavy atom. The summed E-state index contributed by atoms with van der Waals surface area (Å²) in [6.45, 7) is 5.81. The van der Waals surface area contributed by atoms with E-state index < -0.39 is 17.8 Å². The molecule has 0 fully saturated rings. The van der Waals surface area contributed by atoms with Crippen LogP contribution in [0.25, 0.3) is 0 Å². The maximum atomic E-state index is 12.0. The molecular weight excluding hydrogens is 268 g/mol. The largest absolute Gasteiger partial charge is 0.444 e. The molecule has 1 atom stereocenters. The molecule has 0 spiro atoms. The van der Waals surface area contributed by atoms with Crippen molar-refractivity contribution < 1.29 is 14.6 Å². The summed E-state index contributed by atoms with van der Waals surface area (Å²) in [4.78, 5) is 25.5. The highest BCUT2D eigenvalue weighted by molar-refractivity contribution is 7.09. The number of carbonyl (C=O) groups excluding carboxylic acids is 1. The number of β-amino-alcohol motifs (C(OH)–C–C–N with tert-alkyl or cyclic N) is 1. The molecule has 1 unspecified atom stereocenters. The van der Waals surface area contributed by atoms with Crippen molar-refractivity contribution in [2.45, 2.75) is 39.0 Å². The molecule has 2 rings (SSSR count). The molecule has 6 nitrogen and oxygen atoms in total. The number of rotatable bonds is 0. The third-order valence-electron chi connectivity index (χ3n) is 2.85. The first-order valence-electron chi connectivity index (χ1n) is 6.03. The third-order valence-corrected chi connectivity index (χ3v) is 4.02. The van der Waals surface area contributed by atoms with Gasteiger partial charge in [0.25, 0.3) is 0 Å². The first kappa shape index (κ1) is 14.1.